The number of hydrogen-bond donors (Lipinski definition) is 4. The summed E-state index contributed by atoms with van der Waals surface area (Å²) in [6, 6.07) is 10.5. The molecule has 0 fully saturated rings. The molecule has 1 aromatic heterocycles. The molecule has 0 saturated heterocycles. The molecule has 0 unspecified atom stereocenters. The SMILES string of the molecule is C/C(N)=C/C=C(\N)N1CCn2c(C)cc3c(-c4ccc(C)cc4)c(CC(=O)O)c(C)c1c32.CC(C)(C)O. The van der Waals surface area contributed by atoms with Gasteiger partial charge in [-0.3, -0.25) is 4.79 Å². The number of aryl methyl sites for hydroxylation is 2. The van der Waals surface area contributed by atoms with Gasteiger partial charge in [-0.05, 0) is 88.9 Å². The summed E-state index contributed by atoms with van der Waals surface area (Å²) < 4.78 is 2.31. The molecule has 1 aliphatic rings. The number of aliphatic carboxylic acids is 1. The van der Waals surface area contributed by atoms with Crippen LogP contribution in [-0.4, -0.2) is 32.9 Å². The number of carboxylic acids is 1. The lowest BCUT2D eigenvalue weighted by molar-refractivity contribution is -0.136. The Hall–Kier alpha value is -3.71. The van der Waals surface area contributed by atoms with Crippen molar-refractivity contribution < 1.29 is 15.0 Å². The maximum Gasteiger partial charge on any atom is 0.307 e. The number of carboxylic acid groups (broad SMARTS) is 1. The molecule has 4 rings (SSSR count). The van der Waals surface area contributed by atoms with E-state index in [1.54, 1.807) is 26.8 Å². The summed E-state index contributed by atoms with van der Waals surface area (Å²) >= 11 is 0. The van der Waals surface area contributed by atoms with Gasteiger partial charge in [0.15, 0.2) is 0 Å². The van der Waals surface area contributed by atoms with Crippen molar-refractivity contribution in [2.24, 2.45) is 11.5 Å². The number of anilines is 1. The molecule has 0 radical (unpaired) electrons. The zero-order valence-corrected chi connectivity index (χ0v) is 23.0. The molecule has 7 nitrogen and oxygen atoms in total. The third kappa shape index (κ3) is 6.35. The maximum absolute atomic E-state index is 11.9. The van der Waals surface area contributed by atoms with Crippen molar-refractivity contribution in [3.05, 3.63) is 76.4 Å². The van der Waals surface area contributed by atoms with Crippen molar-refractivity contribution in [2.75, 3.05) is 11.4 Å². The zero-order chi connectivity index (χ0) is 27.7. The van der Waals surface area contributed by atoms with E-state index in [1.165, 1.54) is 5.56 Å². The van der Waals surface area contributed by atoms with Crippen molar-refractivity contribution in [3.63, 3.8) is 0 Å². The van der Waals surface area contributed by atoms with Crippen LogP contribution in [0.4, 0.5) is 5.69 Å². The van der Waals surface area contributed by atoms with Crippen LogP contribution in [0.3, 0.4) is 0 Å². The first-order chi connectivity index (χ1) is 17.2. The number of allylic oxidation sites excluding steroid dienone is 3. The Balaban J connectivity index is 0.000000695. The number of rotatable bonds is 5. The Kier molecular flexibility index (Phi) is 8.08. The smallest absolute Gasteiger partial charge is 0.307 e. The molecule has 2 aromatic carbocycles. The average Bonchev–Trinajstić information content (AvgIpc) is 3.11. The highest BCUT2D eigenvalue weighted by molar-refractivity contribution is 6.07. The summed E-state index contributed by atoms with van der Waals surface area (Å²) in [5, 5.41) is 19.3. The highest BCUT2D eigenvalue weighted by atomic mass is 16.4. The highest BCUT2D eigenvalue weighted by Gasteiger charge is 2.29. The van der Waals surface area contributed by atoms with E-state index >= 15 is 0 Å². The van der Waals surface area contributed by atoms with Gasteiger partial charge in [0.1, 0.15) is 5.82 Å². The molecule has 0 saturated carbocycles. The Bertz CT molecular complexity index is 1360. The van der Waals surface area contributed by atoms with Crippen LogP contribution >= 0.6 is 0 Å². The highest BCUT2D eigenvalue weighted by Crippen LogP contribution is 2.45. The fraction of sp³-hybridized carbons (Fsp3) is 0.367. The topological polar surface area (TPSA) is 118 Å². The minimum atomic E-state index is -0.850. The molecule has 0 atom stereocenters. The third-order valence-corrected chi connectivity index (χ3v) is 6.22. The predicted octanol–water partition coefficient (Wildman–Crippen LogP) is 5.12. The van der Waals surface area contributed by atoms with Crippen molar-refractivity contribution >= 4 is 22.6 Å². The number of aliphatic hydroxyl groups is 1. The molecule has 6 N–H and O–H groups in total. The summed E-state index contributed by atoms with van der Waals surface area (Å²) in [4.78, 5) is 14.0. The van der Waals surface area contributed by atoms with E-state index in [0.29, 0.717) is 18.1 Å². The van der Waals surface area contributed by atoms with Crippen LogP contribution in [0.5, 0.6) is 0 Å². The lowest BCUT2D eigenvalue weighted by atomic mass is 9.88. The zero-order valence-electron chi connectivity index (χ0n) is 23.0. The van der Waals surface area contributed by atoms with E-state index in [4.69, 9.17) is 16.6 Å². The predicted molar refractivity (Wildman–Crippen MR) is 152 cm³/mol. The van der Waals surface area contributed by atoms with Crippen LogP contribution in [0.25, 0.3) is 22.0 Å². The van der Waals surface area contributed by atoms with Crippen LogP contribution in [0, 0.1) is 20.8 Å². The van der Waals surface area contributed by atoms with Gasteiger partial charge in [0.2, 0.25) is 0 Å². The molecule has 2 heterocycles. The summed E-state index contributed by atoms with van der Waals surface area (Å²) in [5.74, 6) is -0.259. The van der Waals surface area contributed by atoms with Crippen molar-refractivity contribution in [2.45, 2.75) is 67.0 Å². The lowest BCUT2D eigenvalue weighted by Gasteiger charge is -2.34. The van der Waals surface area contributed by atoms with Crippen molar-refractivity contribution in [3.8, 4) is 11.1 Å². The molecule has 0 spiro atoms. The van der Waals surface area contributed by atoms with E-state index < -0.39 is 11.6 Å². The van der Waals surface area contributed by atoms with Crippen LogP contribution in [-0.2, 0) is 17.8 Å². The van der Waals surface area contributed by atoms with E-state index in [-0.39, 0.29) is 6.42 Å². The minimum Gasteiger partial charge on any atom is -0.481 e. The van der Waals surface area contributed by atoms with Crippen molar-refractivity contribution in [1.82, 2.24) is 4.57 Å². The van der Waals surface area contributed by atoms with E-state index in [2.05, 4.69) is 53.6 Å². The van der Waals surface area contributed by atoms with Gasteiger partial charge in [-0.25, -0.2) is 0 Å². The maximum atomic E-state index is 11.9. The quantitative estimate of drug-likeness (QED) is 0.358. The van der Waals surface area contributed by atoms with Crippen LogP contribution in [0.2, 0.25) is 0 Å². The van der Waals surface area contributed by atoms with Gasteiger partial charge >= 0.3 is 5.97 Å². The second-order valence-electron chi connectivity index (χ2n) is 10.8. The fourth-order valence-electron chi connectivity index (χ4n) is 4.71. The van der Waals surface area contributed by atoms with E-state index in [9.17, 15) is 9.90 Å². The normalized spacial score (nSPS) is 14.0. The Labute approximate surface area is 219 Å². The summed E-state index contributed by atoms with van der Waals surface area (Å²) in [6.07, 6.45) is 3.55. The number of benzene rings is 2. The number of carbonyl (C=O) groups is 1. The monoisotopic (exact) mass is 504 g/mol. The van der Waals surface area contributed by atoms with Gasteiger partial charge in [-0.2, -0.15) is 0 Å². The summed E-state index contributed by atoms with van der Waals surface area (Å²) in [5.41, 5.74) is 20.6. The van der Waals surface area contributed by atoms with E-state index in [1.807, 2.05) is 19.9 Å². The summed E-state index contributed by atoms with van der Waals surface area (Å²) in [6.45, 7) is 14.7. The van der Waals surface area contributed by atoms with Crippen LogP contribution in [0.15, 0.2) is 54.0 Å². The first-order valence-corrected chi connectivity index (χ1v) is 12.5. The first kappa shape index (κ1) is 27.9. The minimum absolute atomic E-state index is 0.0541. The molecule has 0 amide bonds. The Morgan fingerprint density at radius 2 is 1.65 bits per heavy atom. The average molecular weight is 505 g/mol. The molecule has 37 heavy (non-hydrogen) atoms. The molecule has 7 heteroatoms. The third-order valence-electron chi connectivity index (χ3n) is 6.22. The molecular weight excluding hydrogens is 464 g/mol. The van der Waals surface area contributed by atoms with Gasteiger partial charge in [-0.1, -0.05) is 29.8 Å². The first-order valence-electron chi connectivity index (χ1n) is 12.5. The van der Waals surface area contributed by atoms with Gasteiger partial charge in [0.25, 0.3) is 0 Å². The second-order valence-corrected chi connectivity index (χ2v) is 10.8. The molecule has 1 aliphatic heterocycles. The molecule has 0 aliphatic carbocycles. The molecule has 3 aromatic rings. The van der Waals surface area contributed by atoms with Crippen molar-refractivity contribution in [1.29, 1.82) is 0 Å². The summed E-state index contributed by atoms with van der Waals surface area (Å²) in [7, 11) is 0. The molecule has 0 bridgehead atoms. The number of nitrogens with zero attached hydrogens (tertiary/aromatic N) is 2. The van der Waals surface area contributed by atoms with E-state index in [0.717, 1.165) is 51.1 Å². The lowest BCUT2D eigenvalue weighted by Crippen LogP contribution is -2.35. The van der Waals surface area contributed by atoms with Crippen LogP contribution in [0.1, 0.15) is 50.1 Å². The largest absolute Gasteiger partial charge is 0.481 e. The fourth-order valence-corrected chi connectivity index (χ4v) is 4.71. The number of hydrogen-bond acceptors (Lipinski definition) is 5. The van der Waals surface area contributed by atoms with Crippen LogP contribution < -0.4 is 16.4 Å². The molecule has 198 valence electrons. The Morgan fingerprint density at radius 3 is 2.19 bits per heavy atom. The second kappa shape index (κ2) is 10.7. The standard InChI is InChI=1S/C26H30N4O2.C4H10O/c1-15-5-8-19(9-6-15)24-20(14-23(31)32)18(4)25-26-21(24)13-17(3)29(26)11-12-30(25)22(28)10-7-16(2)27;1-4(2,3)5/h5-10,13H,11-12,14,27-28H2,1-4H3,(H,31,32);5H,1-3H3/b16-7-,22-10+;. The van der Waals surface area contributed by atoms with Gasteiger partial charge < -0.3 is 31.1 Å². The van der Waals surface area contributed by atoms with Gasteiger partial charge in [0.05, 0.1) is 23.2 Å². The molecular formula is C30H40N4O3. The van der Waals surface area contributed by atoms with Gasteiger partial charge in [-0.15, -0.1) is 0 Å². The van der Waals surface area contributed by atoms with Gasteiger partial charge in [0, 0.05) is 29.9 Å². The number of nitrogens with two attached hydrogens (primary N) is 2. The number of aromatic nitrogens is 1. The Morgan fingerprint density at radius 1 is 1.05 bits per heavy atom.